The molecule has 0 unspecified atom stereocenters. The van der Waals surface area contributed by atoms with E-state index in [1.807, 2.05) is 30.3 Å². The van der Waals surface area contributed by atoms with E-state index in [-0.39, 0.29) is 5.76 Å². The van der Waals surface area contributed by atoms with Gasteiger partial charge in [-0.05, 0) is 57.9 Å². The van der Waals surface area contributed by atoms with Gasteiger partial charge in [0.25, 0.3) is 0 Å². The third kappa shape index (κ3) is 4.23. The molecule has 3 rings (SSSR count). The molecular formula is C18H13BrO4. The average Bonchev–Trinajstić information content (AvgIpc) is 3.02. The van der Waals surface area contributed by atoms with E-state index in [4.69, 9.17) is 13.9 Å². The van der Waals surface area contributed by atoms with Crippen LogP contribution in [0.5, 0.6) is 11.5 Å². The van der Waals surface area contributed by atoms with Crippen molar-refractivity contribution in [1.29, 1.82) is 0 Å². The molecule has 1 aromatic heterocycles. The van der Waals surface area contributed by atoms with Crippen LogP contribution in [0.15, 0.2) is 75.8 Å². The second-order valence-corrected chi connectivity index (χ2v) is 5.52. The SMILES string of the molecule is O=C(Oc1ccc(OCc2ccccc2)cc1)c1ccc(Br)o1. The van der Waals surface area contributed by atoms with Crippen LogP contribution in [-0.4, -0.2) is 5.97 Å². The Hall–Kier alpha value is -2.53. The minimum Gasteiger partial charge on any atom is -0.489 e. The number of carbonyl (C=O) groups is 1. The highest BCUT2D eigenvalue weighted by Gasteiger charge is 2.13. The van der Waals surface area contributed by atoms with Crippen molar-refractivity contribution in [3.63, 3.8) is 0 Å². The maximum Gasteiger partial charge on any atom is 0.379 e. The van der Waals surface area contributed by atoms with Crippen LogP contribution in [0.4, 0.5) is 0 Å². The topological polar surface area (TPSA) is 48.7 Å². The molecule has 116 valence electrons. The molecule has 0 fully saturated rings. The van der Waals surface area contributed by atoms with Crippen molar-refractivity contribution in [2.24, 2.45) is 0 Å². The molecule has 0 spiro atoms. The van der Waals surface area contributed by atoms with Gasteiger partial charge in [-0.1, -0.05) is 30.3 Å². The summed E-state index contributed by atoms with van der Waals surface area (Å²) in [5.74, 6) is 0.721. The predicted octanol–water partition coefficient (Wildman–Crippen LogP) is 4.84. The van der Waals surface area contributed by atoms with Crippen LogP contribution in [0.2, 0.25) is 0 Å². The smallest absolute Gasteiger partial charge is 0.379 e. The lowest BCUT2D eigenvalue weighted by Gasteiger charge is -2.07. The maximum atomic E-state index is 11.9. The molecular weight excluding hydrogens is 360 g/mol. The number of benzene rings is 2. The highest BCUT2D eigenvalue weighted by molar-refractivity contribution is 9.10. The van der Waals surface area contributed by atoms with Gasteiger partial charge in [-0.3, -0.25) is 0 Å². The summed E-state index contributed by atoms with van der Waals surface area (Å²) >= 11 is 3.14. The number of halogens is 1. The van der Waals surface area contributed by atoms with Crippen molar-refractivity contribution in [2.45, 2.75) is 6.61 Å². The fourth-order valence-corrected chi connectivity index (χ4v) is 2.23. The summed E-state index contributed by atoms with van der Waals surface area (Å²) in [6.07, 6.45) is 0. The zero-order valence-corrected chi connectivity index (χ0v) is 13.7. The van der Waals surface area contributed by atoms with Crippen molar-refractivity contribution < 1.29 is 18.7 Å². The summed E-state index contributed by atoms with van der Waals surface area (Å²) < 4.78 is 16.5. The summed E-state index contributed by atoms with van der Waals surface area (Å²) in [5, 5.41) is 0. The molecule has 0 saturated heterocycles. The first-order valence-corrected chi connectivity index (χ1v) is 7.74. The van der Waals surface area contributed by atoms with Gasteiger partial charge in [0, 0.05) is 0 Å². The van der Waals surface area contributed by atoms with E-state index in [9.17, 15) is 4.79 Å². The van der Waals surface area contributed by atoms with Gasteiger partial charge in [0.15, 0.2) is 4.67 Å². The molecule has 0 radical (unpaired) electrons. The second-order valence-electron chi connectivity index (χ2n) is 4.74. The molecule has 3 aromatic rings. The van der Waals surface area contributed by atoms with Crippen LogP contribution in [0.1, 0.15) is 16.1 Å². The first kappa shape index (κ1) is 15.4. The molecule has 0 bridgehead atoms. The van der Waals surface area contributed by atoms with Gasteiger partial charge in [0.2, 0.25) is 5.76 Å². The fraction of sp³-hybridized carbons (Fsp3) is 0.0556. The third-order valence-electron chi connectivity index (χ3n) is 3.06. The van der Waals surface area contributed by atoms with Gasteiger partial charge in [-0.15, -0.1) is 0 Å². The molecule has 0 saturated carbocycles. The normalized spacial score (nSPS) is 10.3. The third-order valence-corrected chi connectivity index (χ3v) is 3.48. The van der Waals surface area contributed by atoms with E-state index in [0.29, 0.717) is 22.8 Å². The Bertz CT molecular complexity index is 778. The fourth-order valence-electron chi connectivity index (χ4n) is 1.93. The molecule has 0 N–H and O–H groups in total. The minimum absolute atomic E-state index is 0.140. The van der Waals surface area contributed by atoms with Crippen molar-refractivity contribution >= 4 is 21.9 Å². The molecule has 23 heavy (non-hydrogen) atoms. The Balaban J connectivity index is 1.57. The number of carbonyl (C=O) groups excluding carboxylic acids is 1. The van der Waals surface area contributed by atoms with E-state index >= 15 is 0 Å². The predicted molar refractivity (Wildman–Crippen MR) is 88.6 cm³/mol. The van der Waals surface area contributed by atoms with Gasteiger partial charge in [-0.25, -0.2) is 4.79 Å². The Morgan fingerprint density at radius 3 is 2.26 bits per heavy atom. The van der Waals surface area contributed by atoms with E-state index in [2.05, 4.69) is 15.9 Å². The van der Waals surface area contributed by atoms with Crippen molar-refractivity contribution in [3.05, 3.63) is 82.7 Å². The van der Waals surface area contributed by atoms with E-state index in [0.717, 1.165) is 5.56 Å². The van der Waals surface area contributed by atoms with Crippen molar-refractivity contribution in [1.82, 2.24) is 0 Å². The molecule has 2 aromatic carbocycles. The highest BCUT2D eigenvalue weighted by atomic mass is 79.9. The average molecular weight is 373 g/mol. The van der Waals surface area contributed by atoms with Gasteiger partial charge in [0.05, 0.1) is 0 Å². The summed E-state index contributed by atoms with van der Waals surface area (Å²) in [6.45, 7) is 0.487. The van der Waals surface area contributed by atoms with Crippen LogP contribution in [0.3, 0.4) is 0 Å². The summed E-state index contributed by atoms with van der Waals surface area (Å²) in [6, 6.07) is 19.9. The first-order valence-electron chi connectivity index (χ1n) is 6.95. The number of esters is 1. The van der Waals surface area contributed by atoms with Crippen molar-refractivity contribution in [3.8, 4) is 11.5 Å². The Labute approximate surface area is 141 Å². The number of hydrogen-bond acceptors (Lipinski definition) is 4. The second kappa shape index (κ2) is 7.15. The number of furan rings is 1. The van der Waals surface area contributed by atoms with Crippen LogP contribution in [-0.2, 0) is 6.61 Å². The standard InChI is InChI=1S/C18H13BrO4/c19-17-11-10-16(23-17)18(20)22-15-8-6-14(7-9-15)21-12-13-4-2-1-3-5-13/h1-11H,12H2. The molecule has 4 nitrogen and oxygen atoms in total. The van der Waals surface area contributed by atoms with Gasteiger partial charge >= 0.3 is 5.97 Å². The van der Waals surface area contributed by atoms with E-state index in [1.54, 1.807) is 36.4 Å². The van der Waals surface area contributed by atoms with E-state index < -0.39 is 5.97 Å². The first-order chi connectivity index (χ1) is 11.2. The Kier molecular flexibility index (Phi) is 4.78. The Morgan fingerprint density at radius 1 is 0.913 bits per heavy atom. The number of hydrogen-bond donors (Lipinski definition) is 0. The lowest BCUT2D eigenvalue weighted by Crippen LogP contribution is -2.07. The quantitative estimate of drug-likeness (QED) is 0.474. The number of rotatable bonds is 5. The maximum absolute atomic E-state index is 11.9. The molecule has 0 aliphatic rings. The molecule has 1 heterocycles. The molecule has 5 heteroatoms. The summed E-state index contributed by atoms with van der Waals surface area (Å²) in [7, 11) is 0. The molecule has 0 atom stereocenters. The van der Waals surface area contributed by atoms with Crippen LogP contribution in [0, 0.1) is 0 Å². The molecule has 0 aliphatic heterocycles. The van der Waals surface area contributed by atoms with Gasteiger partial charge in [-0.2, -0.15) is 0 Å². The summed E-state index contributed by atoms with van der Waals surface area (Å²) in [4.78, 5) is 11.9. The van der Waals surface area contributed by atoms with E-state index in [1.165, 1.54) is 0 Å². The van der Waals surface area contributed by atoms with Gasteiger partial charge < -0.3 is 13.9 Å². The van der Waals surface area contributed by atoms with Crippen molar-refractivity contribution in [2.75, 3.05) is 0 Å². The Morgan fingerprint density at radius 2 is 1.61 bits per heavy atom. The summed E-state index contributed by atoms with van der Waals surface area (Å²) in [5.41, 5.74) is 1.09. The molecule has 0 amide bonds. The molecule has 0 aliphatic carbocycles. The lowest BCUT2D eigenvalue weighted by atomic mass is 10.2. The van der Waals surface area contributed by atoms with Crippen LogP contribution < -0.4 is 9.47 Å². The van der Waals surface area contributed by atoms with Gasteiger partial charge in [0.1, 0.15) is 18.1 Å². The minimum atomic E-state index is -0.548. The zero-order chi connectivity index (χ0) is 16.1. The highest BCUT2D eigenvalue weighted by Crippen LogP contribution is 2.21. The van der Waals surface area contributed by atoms with Crippen LogP contribution >= 0.6 is 15.9 Å². The monoisotopic (exact) mass is 372 g/mol. The lowest BCUT2D eigenvalue weighted by molar-refractivity contribution is 0.0700. The largest absolute Gasteiger partial charge is 0.489 e. The van der Waals surface area contributed by atoms with Crippen LogP contribution in [0.25, 0.3) is 0 Å². The number of ether oxygens (including phenoxy) is 2. The zero-order valence-electron chi connectivity index (χ0n) is 12.1.